The summed E-state index contributed by atoms with van der Waals surface area (Å²) in [6.07, 6.45) is 0.492. The average molecular weight is 254 g/mol. The minimum Gasteiger partial charge on any atom is -0.377 e. The van der Waals surface area contributed by atoms with Gasteiger partial charge in [-0.25, -0.2) is 4.39 Å². The highest BCUT2D eigenvalue weighted by Crippen LogP contribution is 2.17. The number of ether oxygens (including phenoxy) is 1. The van der Waals surface area contributed by atoms with Crippen molar-refractivity contribution in [3.05, 3.63) is 35.6 Å². The lowest BCUT2D eigenvalue weighted by Gasteiger charge is -2.29. The summed E-state index contributed by atoms with van der Waals surface area (Å²) in [5.41, 5.74) is 3.41. The molecule has 1 aromatic carbocycles. The SMILES string of the molecule is CCOC(C(C)C)C(Cc1ccccc1F)NN. The van der Waals surface area contributed by atoms with E-state index in [2.05, 4.69) is 19.3 Å². The Kier molecular flexibility index (Phi) is 6.25. The molecule has 0 aromatic heterocycles. The molecule has 0 fully saturated rings. The number of nitrogens with two attached hydrogens (primary N) is 1. The number of halogens is 1. The summed E-state index contributed by atoms with van der Waals surface area (Å²) in [6, 6.07) is 6.67. The standard InChI is InChI=1S/C14H23FN2O/c1-4-18-14(10(2)3)13(17-16)9-11-7-5-6-8-12(11)15/h5-8,10,13-14,17H,4,9,16H2,1-3H3. The average Bonchev–Trinajstić information content (AvgIpc) is 2.35. The summed E-state index contributed by atoms with van der Waals surface area (Å²) in [7, 11) is 0. The zero-order chi connectivity index (χ0) is 13.5. The van der Waals surface area contributed by atoms with Gasteiger partial charge in [0.2, 0.25) is 0 Å². The smallest absolute Gasteiger partial charge is 0.126 e. The van der Waals surface area contributed by atoms with Gasteiger partial charge in [0.1, 0.15) is 5.82 Å². The predicted octanol–water partition coefficient (Wildman–Crippen LogP) is 2.26. The van der Waals surface area contributed by atoms with Gasteiger partial charge >= 0.3 is 0 Å². The zero-order valence-electron chi connectivity index (χ0n) is 11.3. The van der Waals surface area contributed by atoms with E-state index < -0.39 is 0 Å². The third kappa shape index (κ3) is 4.05. The molecule has 2 unspecified atom stereocenters. The highest BCUT2D eigenvalue weighted by molar-refractivity contribution is 5.18. The van der Waals surface area contributed by atoms with E-state index in [0.29, 0.717) is 24.5 Å². The normalized spacial score (nSPS) is 14.8. The largest absolute Gasteiger partial charge is 0.377 e. The fourth-order valence-corrected chi connectivity index (χ4v) is 2.14. The lowest BCUT2D eigenvalue weighted by atomic mass is 9.94. The van der Waals surface area contributed by atoms with Gasteiger partial charge in [-0.1, -0.05) is 32.0 Å². The first-order chi connectivity index (χ1) is 8.60. The summed E-state index contributed by atoms with van der Waals surface area (Å²) in [5, 5.41) is 0. The third-order valence-corrected chi connectivity index (χ3v) is 3.02. The van der Waals surface area contributed by atoms with Crippen molar-refractivity contribution in [1.29, 1.82) is 0 Å². The van der Waals surface area contributed by atoms with Gasteiger partial charge in [-0.15, -0.1) is 0 Å². The molecular formula is C14H23FN2O. The minimum absolute atomic E-state index is 0.0281. The van der Waals surface area contributed by atoms with Crippen LogP contribution in [0, 0.1) is 11.7 Å². The molecule has 0 bridgehead atoms. The third-order valence-electron chi connectivity index (χ3n) is 3.02. The molecule has 0 spiro atoms. The van der Waals surface area contributed by atoms with Gasteiger partial charge in [0.25, 0.3) is 0 Å². The summed E-state index contributed by atoms with van der Waals surface area (Å²) in [5.74, 6) is 5.71. The number of hydrogen-bond donors (Lipinski definition) is 2. The van der Waals surface area contributed by atoms with Gasteiger partial charge < -0.3 is 4.74 Å². The van der Waals surface area contributed by atoms with Crippen LogP contribution >= 0.6 is 0 Å². The zero-order valence-corrected chi connectivity index (χ0v) is 11.3. The van der Waals surface area contributed by atoms with Crippen LogP contribution in [-0.4, -0.2) is 18.8 Å². The maximum absolute atomic E-state index is 13.6. The van der Waals surface area contributed by atoms with Crippen molar-refractivity contribution in [1.82, 2.24) is 5.43 Å². The fraction of sp³-hybridized carbons (Fsp3) is 0.571. The first-order valence-electron chi connectivity index (χ1n) is 6.41. The predicted molar refractivity (Wildman–Crippen MR) is 71.5 cm³/mol. The maximum atomic E-state index is 13.6. The summed E-state index contributed by atoms with van der Waals surface area (Å²) in [4.78, 5) is 0. The number of benzene rings is 1. The summed E-state index contributed by atoms with van der Waals surface area (Å²) in [6.45, 7) is 6.72. The Morgan fingerprint density at radius 1 is 1.33 bits per heavy atom. The van der Waals surface area contributed by atoms with E-state index in [1.54, 1.807) is 12.1 Å². The molecule has 0 aliphatic carbocycles. The Hall–Kier alpha value is -0.970. The van der Waals surface area contributed by atoms with Crippen molar-refractivity contribution < 1.29 is 9.13 Å². The first-order valence-corrected chi connectivity index (χ1v) is 6.41. The second-order valence-corrected chi connectivity index (χ2v) is 4.73. The molecular weight excluding hydrogens is 231 g/mol. The van der Waals surface area contributed by atoms with Crippen LogP contribution in [0.4, 0.5) is 4.39 Å². The first kappa shape index (κ1) is 15.1. The van der Waals surface area contributed by atoms with Crippen LogP contribution in [0.1, 0.15) is 26.3 Å². The second kappa shape index (κ2) is 7.46. The van der Waals surface area contributed by atoms with Crippen molar-refractivity contribution in [2.24, 2.45) is 11.8 Å². The molecule has 0 aliphatic heterocycles. The molecule has 3 nitrogen and oxygen atoms in total. The molecule has 0 aliphatic rings. The minimum atomic E-state index is -0.197. The lowest BCUT2D eigenvalue weighted by Crippen LogP contribution is -2.49. The summed E-state index contributed by atoms with van der Waals surface area (Å²) >= 11 is 0. The molecule has 0 saturated heterocycles. The molecule has 0 heterocycles. The molecule has 0 saturated carbocycles. The van der Waals surface area contributed by atoms with Gasteiger partial charge in [0.15, 0.2) is 0 Å². The van der Waals surface area contributed by atoms with E-state index in [4.69, 9.17) is 10.6 Å². The van der Waals surface area contributed by atoms with E-state index >= 15 is 0 Å². The Morgan fingerprint density at radius 2 is 2.00 bits per heavy atom. The van der Waals surface area contributed by atoms with Gasteiger partial charge in [0.05, 0.1) is 12.1 Å². The highest BCUT2D eigenvalue weighted by Gasteiger charge is 2.25. The maximum Gasteiger partial charge on any atom is 0.126 e. The van der Waals surface area contributed by atoms with E-state index in [-0.39, 0.29) is 18.0 Å². The van der Waals surface area contributed by atoms with Crippen molar-refractivity contribution in [2.45, 2.75) is 39.3 Å². The molecule has 102 valence electrons. The monoisotopic (exact) mass is 254 g/mol. The highest BCUT2D eigenvalue weighted by atomic mass is 19.1. The van der Waals surface area contributed by atoms with E-state index in [0.717, 1.165) is 0 Å². The molecule has 3 N–H and O–H groups in total. The second-order valence-electron chi connectivity index (χ2n) is 4.73. The van der Waals surface area contributed by atoms with E-state index in [1.165, 1.54) is 6.07 Å². The van der Waals surface area contributed by atoms with Gasteiger partial charge in [-0.2, -0.15) is 0 Å². The Balaban J connectivity index is 2.79. The van der Waals surface area contributed by atoms with Crippen molar-refractivity contribution in [2.75, 3.05) is 6.61 Å². The van der Waals surface area contributed by atoms with Gasteiger partial charge in [-0.3, -0.25) is 11.3 Å². The van der Waals surface area contributed by atoms with Crippen LogP contribution in [0.2, 0.25) is 0 Å². The molecule has 2 atom stereocenters. The topological polar surface area (TPSA) is 47.3 Å². The van der Waals surface area contributed by atoms with Gasteiger partial charge in [0, 0.05) is 6.61 Å². The molecule has 0 amide bonds. The van der Waals surface area contributed by atoms with Crippen LogP contribution in [0.25, 0.3) is 0 Å². The number of hydrogen-bond acceptors (Lipinski definition) is 3. The molecule has 0 radical (unpaired) electrons. The van der Waals surface area contributed by atoms with E-state index in [1.807, 2.05) is 13.0 Å². The fourth-order valence-electron chi connectivity index (χ4n) is 2.14. The van der Waals surface area contributed by atoms with Crippen LogP contribution in [0.5, 0.6) is 0 Å². The van der Waals surface area contributed by atoms with Crippen molar-refractivity contribution in [3.8, 4) is 0 Å². The number of hydrazine groups is 1. The number of nitrogens with one attached hydrogen (secondary N) is 1. The molecule has 1 aromatic rings. The van der Waals surface area contributed by atoms with Crippen molar-refractivity contribution in [3.63, 3.8) is 0 Å². The lowest BCUT2D eigenvalue weighted by molar-refractivity contribution is 0.00339. The van der Waals surface area contributed by atoms with Crippen LogP contribution < -0.4 is 11.3 Å². The Morgan fingerprint density at radius 3 is 2.50 bits per heavy atom. The van der Waals surface area contributed by atoms with Crippen LogP contribution in [0.15, 0.2) is 24.3 Å². The summed E-state index contributed by atoms with van der Waals surface area (Å²) < 4.78 is 19.3. The van der Waals surface area contributed by atoms with E-state index in [9.17, 15) is 4.39 Å². The Bertz CT molecular complexity index is 357. The quantitative estimate of drug-likeness (QED) is 0.579. The van der Waals surface area contributed by atoms with Crippen LogP contribution in [-0.2, 0) is 11.2 Å². The molecule has 1 rings (SSSR count). The Labute approximate surface area is 108 Å². The van der Waals surface area contributed by atoms with Gasteiger partial charge in [-0.05, 0) is 30.9 Å². The van der Waals surface area contributed by atoms with Crippen molar-refractivity contribution >= 4 is 0 Å². The molecule has 4 heteroatoms. The number of rotatable bonds is 7. The molecule has 18 heavy (non-hydrogen) atoms. The van der Waals surface area contributed by atoms with Crippen LogP contribution in [0.3, 0.4) is 0 Å².